The normalized spacial score (nSPS) is 25.9. The summed E-state index contributed by atoms with van der Waals surface area (Å²) in [6, 6.07) is 14.7. The van der Waals surface area contributed by atoms with E-state index in [-0.39, 0.29) is 0 Å². The first-order valence-electron chi connectivity index (χ1n) is 8.15. The topological polar surface area (TPSA) is 3.24 Å². The zero-order chi connectivity index (χ0) is 14.4. The lowest BCUT2D eigenvalue weighted by molar-refractivity contribution is 0.137. The van der Waals surface area contributed by atoms with E-state index in [0.717, 1.165) is 6.04 Å². The highest BCUT2D eigenvalue weighted by Crippen LogP contribution is 2.39. The summed E-state index contributed by atoms with van der Waals surface area (Å²) in [4.78, 5) is 2.59. The lowest BCUT2D eigenvalue weighted by Gasteiger charge is -2.43. The Morgan fingerprint density at radius 1 is 1.05 bits per heavy atom. The second-order valence-corrected chi connectivity index (χ2v) is 6.69. The van der Waals surface area contributed by atoms with Crippen molar-refractivity contribution in [3.8, 4) is 0 Å². The fraction of sp³-hybridized carbons (Fsp3) is 0.400. The van der Waals surface area contributed by atoms with Crippen molar-refractivity contribution in [2.45, 2.75) is 44.7 Å². The number of likely N-dealkylation sites (N-methyl/N-ethyl adjacent to an activating group) is 1. The van der Waals surface area contributed by atoms with Gasteiger partial charge in [-0.3, -0.25) is 4.90 Å². The van der Waals surface area contributed by atoms with Crippen molar-refractivity contribution in [2.24, 2.45) is 0 Å². The molecule has 2 bridgehead atoms. The largest absolute Gasteiger partial charge is 0.297 e. The molecule has 2 atom stereocenters. The molecule has 2 aliphatic rings. The van der Waals surface area contributed by atoms with Crippen molar-refractivity contribution in [3.63, 3.8) is 0 Å². The van der Waals surface area contributed by atoms with Gasteiger partial charge in [0.15, 0.2) is 0 Å². The van der Waals surface area contributed by atoms with Crippen LogP contribution in [-0.4, -0.2) is 24.0 Å². The van der Waals surface area contributed by atoms with Crippen LogP contribution >= 0.6 is 0 Å². The summed E-state index contributed by atoms with van der Waals surface area (Å²) in [6.45, 7) is 2.26. The van der Waals surface area contributed by atoms with Crippen molar-refractivity contribution in [1.29, 1.82) is 0 Å². The summed E-state index contributed by atoms with van der Waals surface area (Å²) in [5.74, 6) is 0. The van der Waals surface area contributed by atoms with Crippen LogP contribution in [0.2, 0.25) is 0 Å². The molecule has 108 valence electrons. The highest BCUT2D eigenvalue weighted by molar-refractivity contribution is 5.95. The van der Waals surface area contributed by atoms with Crippen LogP contribution in [0, 0.1) is 6.92 Å². The number of aryl methyl sites for hydroxylation is 1. The third-order valence-corrected chi connectivity index (χ3v) is 5.44. The molecule has 0 aliphatic carbocycles. The van der Waals surface area contributed by atoms with Gasteiger partial charge in [0, 0.05) is 12.1 Å². The quantitative estimate of drug-likeness (QED) is 0.724. The summed E-state index contributed by atoms with van der Waals surface area (Å²) in [6.07, 6.45) is 7.82. The van der Waals surface area contributed by atoms with E-state index in [2.05, 4.69) is 61.3 Å². The van der Waals surface area contributed by atoms with E-state index in [0.29, 0.717) is 6.04 Å². The minimum absolute atomic E-state index is 0.644. The van der Waals surface area contributed by atoms with Gasteiger partial charge in [-0.2, -0.15) is 0 Å². The average Bonchev–Trinajstić information content (AvgIpc) is 2.47. The van der Waals surface area contributed by atoms with Crippen LogP contribution in [0.3, 0.4) is 0 Å². The molecule has 2 aromatic carbocycles. The summed E-state index contributed by atoms with van der Waals surface area (Å²) in [5, 5.41) is 2.79. The van der Waals surface area contributed by atoms with Gasteiger partial charge in [-0.05, 0) is 60.7 Å². The number of rotatable bonds is 1. The molecule has 1 fully saturated rings. The predicted octanol–water partition coefficient (Wildman–Crippen LogP) is 4.79. The van der Waals surface area contributed by atoms with Gasteiger partial charge in [-0.15, -0.1) is 0 Å². The van der Waals surface area contributed by atoms with Crippen LogP contribution in [0.25, 0.3) is 16.3 Å². The van der Waals surface area contributed by atoms with Crippen LogP contribution in [0.4, 0.5) is 0 Å². The minimum atomic E-state index is 0.644. The Morgan fingerprint density at radius 3 is 2.76 bits per heavy atom. The van der Waals surface area contributed by atoms with Crippen molar-refractivity contribution < 1.29 is 0 Å². The molecule has 2 aromatic rings. The van der Waals surface area contributed by atoms with Gasteiger partial charge in [0.2, 0.25) is 0 Å². The molecule has 21 heavy (non-hydrogen) atoms. The third kappa shape index (κ3) is 2.11. The Bertz CT molecular complexity index is 713. The van der Waals surface area contributed by atoms with Crippen LogP contribution in [-0.2, 0) is 0 Å². The number of hydrogen-bond acceptors (Lipinski definition) is 1. The van der Waals surface area contributed by atoms with Gasteiger partial charge in [0.05, 0.1) is 0 Å². The molecular formula is C20H23N. The highest BCUT2D eigenvalue weighted by atomic mass is 15.2. The van der Waals surface area contributed by atoms with E-state index in [1.54, 1.807) is 5.57 Å². The monoisotopic (exact) mass is 277 g/mol. The summed E-state index contributed by atoms with van der Waals surface area (Å²) in [7, 11) is 2.30. The Hall–Kier alpha value is -1.60. The number of piperidine rings is 1. The van der Waals surface area contributed by atoms with E-state index in [4.69, 9.17) is 0 Å². The van der Waals surface area contributed by atoms with Gasteiger partial charge in [0.25, 0.3) is 0 Å². The summed E-state index contributed by atoms with van der Waals surface area (Å²) in [5.41, 5.74) is 4.50. The molecule has 1 nitrogen and oxygen atoms in total. The van der Waals surface area contributed by atoms with E-state index < -0.39 is 0 Å². The SMILES string of the molecule is Cc1ccc2ccccc2c1C1=CC2CCCC(C1)N2C. The Kier molecular flexibility index (Phi) is 3.11. The molecule has 0 radical (unpaired) electrons. The van der Waals surface area contributed by atoms with Crippen molar-refractivity contribution in [2.75, 3.05) is 7.05 Å². The molecule has 2 unspecified atom stereocenters. The molecule has 4 rings (SSSR count). The standard InChI is InChI=1S/C20H23N/c1-14-10-11-15-6-3-4-9-19(15)20(14)16-12-17-7-5-8-18(13-16)21(17)2/h3-4,6,9-12,17-18H,5,7-8,13H2,1-2H3. The lowest BCUT2D eigenvalue weighted by Crippen LogP contribution is -2.45. The Morgan fingerprint density at radius 2 is 1.90 bits per heavy atom. The molecule has 1 heteroatoms. The molecule has 0 aromatic heterocycles. The number of hydrogen-bond donors (Lipinski definition) is 0. The molecule has 1 saturated heterocycles. The molecule has 2 heterocycles. The number of benzene rings is 2. The Labute approximate surface area is 127 Å². The lowest BCUT2D eigenvalue weighted by atomic mass is 9.81. The van der Waals surface area contributed by atoms with Crippen LogP contribution in [0.15, 0.2) is 42.5 Å². The van der Waals surface area contributed by atoms with Gasteiger partial charge < -0.3 is 0 Å². The smallest absolute Gasteiger partial charge is 0.0284 e. The highest BCUT2D eigenvalue weighted by Gasteiger charge is 2.32. The number of fused-ring (bicyclic) bond motifs is 3. The van der Waals surface area contributed by atoms with Crippen LogP contribution in [0.1, 0.15) is 36.8 Å². The third-order valence-electron chi connectivity index (χ3n) is 5.44. The van der Waals surface area contributed by atoms with Gasteiger partial charge in [0.1, 0.15) is 0 Å². The van der Waals surface area contributed by atoms with E-state index in [1.807, 2.05) is 0 Å². The van der Waals surface area contributed by atoms with E-state index in [1.165, 1.54) is 47.6 Å². The zero-order valence-corrected chi connectivity index (χ0v) is 13.0. The zero-order valence-electron chi connectivity index (χ0n) is 13.0. The summed E-state index contributed by atoms with van der Waals surface area (Å²) < 4.78 is 0. The molecule has 0 amide bonds. The molecule has 0 saturated carbocycles. The molecule has 2 aliphatic heterocycles. The van der Waals surface area contributed by atoms with Gasteiger partial charge >= 0.3 is 0 Å². The maximum atomic E-state index is 2.59. The first-order chi connectivity index (χ1) is 10.2. The maximum Gasteiger partial charge on any atom is 0.0284 e. The second kappa shape index (κ2) is 4.99. The van der Waals surface area contributed by atoms with Crippen LogP contribution < -0.4 is 0 Å². The molecule has 0 spiro atoms. The Balaban J connectivity index is 1.89. The van der Waals surface area contributed by atoms with Crippen molar-refractivity contribution in [1.82, 2.24) is 4.90 Å². The second-order valence-electron chi connectivity index (χ2n) is 6.69. The average molecular weight is 277 g/mol. The minimum Gasteiger partial charge on any atom is -0.297 e. The van der Waals surface area contributed by atoms with E-state index in [9.17, 15) is 0 Å². The van der Waals surface area contributed by atoms with Crippen LogP contribution in [0.5, 0.6) is 0 Å². The number of nitrogens with zero attached hydrogens (tertiary/aromatic N) is 1. The molecule has 0 N–H and O–H groups in total. The van der Waals surface area contributed by atoms with Crippen molar-refractivity contribution in [3.05, 3.63) is 53.6 Å². The molecular weight excluding hydrogens is 254 g/mol. The van der Waals surface area contributed by atoms with E-state index >= 15 is 0 Å². The van der Waals surface area contributed by atoms with Gasteiger partial charge in [-0.1, -0.05) is 48.9 Å². The fourth-order valence-corrected chi connectivity index (χ4v) is 4.23. The fourth-order valence-electron chi connectivity index (χ4n) is 4.23. The summed E-state index contributed by atoms with van der Waals surface area (Å²) >= 11 is 0. The predicted molar refractivity (Wildman–Crippen MR) is 90.5 cm³/mol. The van der Waals surface area contributed by atoms with Gasteiger partial charge in [-0.25, -0.2) is 0 Å². The first kappa shape index (κ1) is 13.1. The maximum absolute atomic E-state index is 2.59. The first-order valence-corrected chi connectivity index (χ1v) is 8.15. The van der Waals surface area contributed by atoms with Crippen molar-refractivity contribution >= 4 is 16.3 Å².